The van der Waals surface area contributed by atoms with Gasteiger partial charge < -0.3 is 0 Å². The first-order chi connectivity index (χ1) is 9.02. The third-order valence-corrected chi connectivity index (χ3v) is 7.21. The van der Waals surface area contributed by atoms with Crippen molar-refractivity contribution in [2.24, 2.45) is 16.7 Å². The van der Waals surface area contributed by atoms with E-state index in [-0.39, 0.29) is 0 Å². The minimum Gasteiger partial charge on any atom is -0.103 e. The van der Waals surface area contributed by atoms with Crippen molar-refractivity contribution in [1.29, 1.82) is 0 Å². The third kappa shape index (κ3) is 2.75. The van der Waals surface area contributed by atoms with Gasteiger partial charge in [0, 0.05) is 11.7 Å². The maximum absolute atomic E-state index is 3.75. The number of fused-ring (bicyclic) bond motifs is 2. The van der Waals surface area contributed by atoms with Crippen LogP contribution in [-0.4, -0.2) is 5.25 Å². The van der Waals surface area contributed by atoms with E-state index < -0.39 is 0 Å². The second-order valence-corrected chi connectivity index (χ2v) is 8.04. The molecule has 0 radical (unpaired) electrons. The van der Waals surface area contributed by atoms with Gasteiger partial charge in [-0.3, -0.25) is 0 Å². The van der Waals surface area contributed by atoms with Crippen molar-refractivity contribution in [3.63, 3.8) is 0 Å². The number of hydrogen-bond acceptors (Lipinski definition) is 1. The molecule has 2 aliphatic carbocycles. The first-order valence-electron chi connectivity index (χ1n) is 7.77. The zero-order valence-electron chi connectivity index (χ0n) is 12.8. The number of allylic oxidation sites excluding steroid dienone is 1. The molecule has 0 N–H and O–H groups in total. The molecule has 106 valence electrons. The van der Waals surface area contributed by atoms with Gasteiger partial charge in [0.1, 0.15) is 0 Å². The highest BCUT2D eigenvalue weighted by Gasteiger charge is 2.61. The van der Waals surface area contributed by atoms with Crippen LogP contribution in [0.5, 0.6) is 0 Å². The van der Waals surface area contributed by atoms with E-state index in [1.807, 2.05) is 17.8 Å². The molecule has 0 aromatic heterocycles. The van der Waals surface area contributed by atoms with Crippen molar-refractivity contribution in [1.82, 2.24) is 0 Å². The lowest BCUT2D eigenvalue weighted by molar-refractivity contribution is 0.157. The summed E-state index contributed by atoms with van der Waals surface area (Å²) < 4.78 is 0. The molecule has 0 spiro atoms. The molecule has 0 nitrogen and oxygen atoms in total. The number of rotatable bonds is 5. The zero-order valence-corrected chi connectivity index (χ0v) is 13.6. The summed E-state index contributed by atoms with van der Waals surface area (Å²) >= 11 is 1.93. The van der Waals surface area contributed by atoms with Gasteiger partial charge in [0.05, 0.1) is 0 Å². The first-order valence-corrected chi connectivity index (χ1v) is 8.65. The Labute approximate surface area is 123 Å². The fourth-order valence-electron chi connectivity index (χ4n) is 3.97. The maximum atomic E-state index is 3.75. The standard InChI is InChI=1S/C18H28S/c1-5-6-7-8-9-10-13-19-16-14-15-11-12-18(16,4)17(15,2)3/h5,15-16H,1,6-9,11-12,14H2,2-4H3/t15-,16-,18+/m0/s1. The predicted molar refractivity (Wildman–Crippen MR) is 87.0 cm³/mol. The molecule has 19 heavy (non-hydrogen) atoms. The average molecular weight is 276 g/mol. The van der Waals surface area contributed by atoms with Crippen LogP contribution in [0.4, 0.5) is 0 Å². The number of hydrogen-bond donors (Lipinski definition) is 0. The SMILES string of the molecule is C=CCCCCC#CS[C@H]1C[C@@H]2CC[C@@]1(C)C2(C)C. The molecule has 2 aliphatic rings. The second kappa shape index (κ2) is 5.96. The van der Waals surface area contributed by atoms with Gasteiger partial charge in [-0.2, -0.15) is 0 Å². The summed E-state index contributed by atoms with van der Waals surface area (Å²) in [4.78, 5) is 0. The summed E-state index contributed by atoms with van der Waals surface area (Å²) in [6.45, 7) is 11.2. The van der Waals surface area contributed by atoms with Crippen LogP contribution in [0.15, 0.2) is 12.7 Å². The smallest absolute Gasteiger partial charge is 0.0233 e. The van der Waals surface area contributed by atoms with Gasteiger partial charge in [-0.1, -0.05) is 44.5 Å². The lowest BCUT2D eigenvalue weighted by Gasteiger charge is -2.38. The molecule has 2 saturated carbocycles. The van der Waals surface area contributed by atoms with Crippen LogP contribution >= 0.6 is 11.8 Å². The van der Waals surface area contributed by atoms with Crippen molar-refractivity contribution in [3.05, 3.63) is 12.7 Å². The van der Waals surface area contributed by atoms with E-state index in [0.29, 0.717) is 10.8 Å². The topological polar surface area (TPSA) is 0 Å². The fraction of sp³-hybridized carbons (Fsp3) is 0.778. The lowest BCUT2D eigenvalue weighted by atomic mass is 9.71. The van der Waals surface area contributed by atoms with Crippen LogP contribution in [-0.2, 0) is 0 Å². The molecule has 0 unspecified atom stereocenters. The summed E-state index contributed by atoms with van der Waals surface area (Å²) in [5, 5.41) is 4.16. The highest BCUT2D eigenvalue weighted by molar-refractivity contribution is 8.04. The van der Waals surface area contributed by atoms with Gasteiger partial charge in [-0.15, -0.1) is 6.58 Å². The molecule has 3 atom stereocenters. The van der Waals surface area contributed by atoms with Gasteiger partial charge in [-0.05, 0) is 60.5 Å². The Morgan fingerprint density at radius 2 is 2.11 bits per heavy atom. The molecular weight excluding hydrogens is 248 g/mol. The summed E-state index contributed by atoms with van der Waals surface area (Å²) in [5.41, 5.74) is 1.04. The minimum absolute atomic E-state index is 0.514. The number of thioether (sulfide) groups is 1. The summed E-state index contributed by atoms with van der Waals surface area (Å²) in [6, 6.07) is 0. The second-order valence-electron chi connectivity index (χ2n) is 7.03. The Balaban J connectivity index is 1.79. The highest BCUT2D eigenvalue weighted by Crippen LogP contribution is 2.68. The molecular formula is C18H28S. The zero-order chi connectivity index (χ0) is 13.9. The molecule has 2 bridgehead atoms. The molecule has 0 aliphatic heterocycles. The Kier molecular flexibility index (Phi) is 4.72. The van der Waals surface area contributed by atoms with Crippen LogP contribution in [0.25, 0.3) is 0 Å². The Morgan fingerprint density at radius 1 is 1.32 bits per heavy atom. The summed E-state index contributed by atoms with van der Waals surface area (Å²) in [5.74, 6) is 4.29. The normalized spacial score (nSPS) is 34.9. The quantitative estimate of drug-likeness (QED) is 0.355. The summed E-state index contributed by atoms with van der Waals surface area (Å²) in [7, 11) is 0. The van der Waals surface area contributed by atoms with E-state index in [2.05, 4.69) is 38.5 Å². The predicted octanol–water partition coefficient (Wildman–Crippen LogP) is 5.64. The molecule has 0 heterocycles. The monoisotopic (exact) mass is 276 g/mol. The van der Waals surface area contributed by atoms with E-state index in [1.165, 1.54) is 32.1 Å². The van der Waals surface area contributed by atoms with Crippen LogP contribution in [0.2, 0.25) is 0 Å². The van der Waals surface area contributed by atoms with Crippen LogP contribution in [0.3, 0.4) is 0 Å². The molecule has 1 heteroatoms. The fourth-order valence-corrected chi connectivity index (χ4v) is 5.31. The van der Waals surface area contributed by atoms with Gasteiger partial charge in [-0.25, -0.2) is 0 Å². The molecule has 2 fully saturated rings. The Bertz CT molecular complexity index is 384. The molecule has 2 rings (SSSR count). The van der Waals surface area contributed by atoms with Crippen molar-refractivity contribution in [2.75, 3.05) is 0 Å². The van der Waals surface area contributed by atoms with E-state index >= 15 is 0 Å². The molecule has 0 amide bonds. The van der Waals surface area contributed by atoms with Gasteiger partial charge in [0.15, 0.2) is 0 Å². The third-order valence-electron chi connectivity index (χ3n) is 5.95. The van der Waals surface area contributed by atoms with Gasteiger partial charge >= 0.3 is 0 Å². The van der Waals surface area contributed by atoms with Gasteiger partial charge in [0.25, 0.3) is 0 Å². The molecule has 0 aromatic carbocycles. The van der Waals surface area contributed by atoms with Crippen LogP contribution in [0.1, 0.15) is 65.7 Å². The lowest BCUT2D eigenvalue weighted by Crippen LogP contribution is -2.33. The van der Waals surface area contributed by atoms with Crippen molar-refractivity contribution < 1.29 is 0 Å². The van der Waals surface area contributed by atoms with Gasteiger partial charge in [0.2, 0.25) is 0 Å². The van der Waals surface area contributed by atoms with Crippen molar-refractivity contribution in [2.45, 2.75) is 71.0 Å². The van der Waals surface area contributed by atoms with E-state index in [0.717, 1.165) is 24.0 Å². The number of unbranched alkanes of at least 4 members (excludes halogenated alkanes) is 3. The van der Waals surface area contributed by atoms with Crippen LogP contribution < -0.4 is 0 Å². The largest absolute Gasteiger partial charge is 0.103 e. The first kappa shape index (κ1) is 15.0. The average Bonchev–Trinajstić information content (AvgIpc) is 2.70. The van der Waals surface area contributed by atoms with E-state index in [9.17, 15) is 0 Å². The van der Waals surface area contributed by atoms with Crippen molar-refractivity contribution in [3.8, 4) is 11.2 Å². The van der Waals surface area contributed by atoms with Crippen LogP contribution in [0, 0.1) is 27.9 Å². The Morgan fingerprint density at radius 3 is 2.68 bits per heavy atom. The highest BCUT2D eigenvalue weighted by atomic mass is 32.2. The van der Waals surface area contributed by atoms with E-state index in [4.69, 9.17) is 0 Å². The molecule has 0 saturated heterocycles. The minimum atomic E-state index is 0.514. The van der Waals surface area contributed by atoms with Crippen molar-refractivity contribution >= 4 is 11.8 Å². The maximum Gasteiger partial charge on any atom is 0.0233 e. The Hall–Kier alpha value is -0.350. The summed E-state index contributed by atoms with van der Waals surface area (Å²) in [6.07, 6.45) is 10.9. The van der Waals surface area contributed by atoms with E-state index in [1.54, 1.807) is 0 Å². The molecule has 0 aromatic rings.